The Morgan fingerprint density at radius 2 is 1.59 bits per heavy atom. The highest BCUT2D eigenvalue weighted by Crippen LogP contribution is 2.32. The molecule has 2 rings (SSSR count). The Hall–Kier alpha value is -2.30. The van der Waals surface area contributed by atoms with Crippen molar-refractivity contribution in [1.29, 1.82) is 0 Å². The van der Waals surface area contributed by atoms with Crippen LogP contribution in [0.25, 0.3) is 0 Å². The van der Waals surface area contributed by atoms with Crippen LogP contribution in [0.1, 0.15) is 32.6 Å². The number of rotatable bonds is 4. The predicted molar refractivity (Wildman–Crippen MR) is 77.0 cm³/mol. The Morgan fingerprint density at radius 1 is 1.00 bits per heavy atom. The van der Waals surface area contributed by atoms with E-state index in [1.165, 1.54) is 18.2 Å². The molecule has 0 aliphatic heterocycles. The highest BCUT2D eigenvalue weighted by atomic mass is 19.4. The zero-order chi connectivity index (χ0) is 16.3. The van der Waals surface area contributed by atoms with E-state index in [1.54, 1.807) is 25.1 Å². The van der Waals surface area contributed by atoms with E-state index in [-0.39, 0.29) is 17.5 Å². The van der Waals surface area contributed by atoms with E-state index in [0.29, 0.717) is 12.0 Å². The van der Waals surface area contributed by atoms with Gasteiger partial charge in [-0.3, -0.25) is 0 Å². The summed E-state index contributed by atoms with van der Waals surface area (Å²) >= 11 is 0. The molecule has 2 aromatic carbocycles. The molecule has 22 heavy (non-hydrogen) atoms. The summed E-state index contributed by atoms with van der Waals surface area (Å²) in [6.07, 6.45) is -3.81. The fourth-order valence-electron chi connectivity index (χ4n) is 2.47. The Kier molecular flexibility index (Phi) is 4.54. The van der Waals surface area contributed by atoms with Crippen molar-refractivity contribution in [2.75, 3.05) is 0 Å². The number of carboxylic acid groups (broad SMARTS) is 1. The van der Waals surface area contributed by atoms with Gasteiger partial charge >= 0.3 is 12.1 Å². The normalized spacial score (nSPS) is 11.5. The summed E-state index contributed by atoms with van der Waals surface area (Å²) in [5.74, 6) is -1.03. The number of carboxylic acids is 1. The van der Waals surface area contributed by atoms with Gasteiger partial charge in [0.2, 0.25) is 0 Å². The van der Waals surface area contributed by atoms with Gasteiger partial charge in [0, 0.05) is 0 Å². The molecule has 0 heterocycles. The molecule has 2 aromatic rings. The molecule has 0 unspecified atom stereocenters. The van der Waals surface area contributed by atoms with Gasteiger partial charge in [-0.2, -0.15) is 13.2 Å². The van der Waals surface area contributed by atoms with Crippen molar-refractivity contribution in [1.82, 2.24) is 0 Å². The molecule has 0 saturated carbocycles. The minimum atomic E-state index is -4.38. The molecule has 0 radical (unpaired) electrons. The number of carbonyl (C=O) groups is 1. The molecule has 0 spiro atoms. The van der Waals surface area contributed by atoms with Crippen LogP contribution >= 0.6 is 0 Å². The average Bonchev–Trinajstić information content (AvgIpc) is 2.45. The first-order valence-corrected chi connectivity index (χ1v) is 6.77. The molecule has 5 heteroatoms. The number of benzene rings is 2. The fourth-order valence-corrected chi connectivity index (χ4v) is 2.47. The van der Waals surface area contributed by atoms with E-state index in [9.17, 15) is 18.0 Å². The molecule has 1 N–H and O–H groups in total. The molecule has 0 aliphatic rings. The molecule has 0 bridgehead atoms. The number of aryl methyl sites for hydroxylation is 2. The van der Waals surface area contributed by atoms with Gasteiger partial charge in [0.25, 0.3) is 0 Å². The van der Waals surface area contributed by atoms with Gasteiger partial charge in [-0.1, -0.05) is 30.3 Å². The fraction of sp³-hybridized carbons (Fsp3) is 0.235. The molecule has 0 amide bonds. The highest BCUT2D eigenvalue weighted by Gasteiger charge is 2.32. The second-order valence-electron chi connectivity index (χ2n) is 5.05. The Labute approximate surface area is 126 Å². The molecule has 0 atom stereocenters. The van der Waals surface area contributed by atoms with Crippen molar-refractivity contribution in [3.63, 3.8) is 0 Å². The Bertz CT molecular complexity index is 691. The third-order valence-electron chi connectivity index (χ3n) is 3.66. The van der Waals surface area contributed by atoms with Crippen molar-refractivity contribution in [2.24, 2.45) is 0 Å². The lowest BCUT2D eigenvalue weighted by Gasteiger charge is -2.13. The zero-order valence-corrected chi connectivity index (χ0v) is 11.9. The van der Waals surface area contributed by atoms with E-state index >= 15 is 0 Å². The van der Waals surface area contributed by atoms with Crippen LogP contribution in [0.15, 0.2) is 42.5 Å². The summed E-state index contributed by atoms with van der Waals surface area (Å²) < 4.78 is 38.8. The summed E-state index contributed by atoms with van der Waals surface area (Å²) in [5, 5.41) is 9.08. The molecular weight excluding hydrogens is 293 g/mol. The van der Waals surface area contributed by atoms with Gasteiger partial charge in [0.15, 0.2) is 0 Å². The molecular formula is C17H15F3O2. The molecule has 0 aliphatic carbocycles. The number of aromatic carboxylic acids is 1. The largest absolute Gasteiger partial charge is 0.478 e. The molecule has 116 valence electrons. The van der Waals surface area contributed by atoms with Crippen molar-refractivity contribution in [2.45, 2.75) is 25.9 Å². The van der Waals surface area contributed by atoms with E-state index in [0.717, 1.165) is 11.6 Å². The van der Waals surface area contributed by atoms with Crippen LogP contribution in [0.3, 0.4) is 0 Å². The lowest BCUT2D eigenvalue weighted by atomic mass is 9.95. The number of halogens is 3. The smallest absolute Gasteiger partial charge is 0.416 e. The highest BCUT2D eigenvalue weighted by molar-refractivity contribution is 5.89. The van der Waals surface area contributed by atoms with Gasteiger partial charge in [0.05, 0.1) is 11.1 Å². The van der Waals surface area contributed by atoms with E-state index in [1.807, 2.05) is 0 Å². The van der Waals surface area contributed by atoms with Crippen LogP contribution in [0.4, 0.5) is 13.2 Å². The van der Waals surface area contributed by atoms with E-state index < -0.39 is 17.7 Å². The van der Waals surface area contributed by atoms with Crippen LogP contribution in [0.2, 0.25) is 0 Å². The summed E-state index contributed by atoms with van der Waals surface area (Å²) in [7, 11) is 0. The third-order valence-corrected chi connectivity index (χ3v) is 3.66. The Morgan fingerprint density at radius 3 is 2.23 bits per heavy atom. The molecule has 0 saturated heterocycles. The van der Waals surface area contributed by atoms with Gasteiger partial charge < -0.3 is 5.11 Å². The molecule has 0 aromatic heterocycles. The summed E-state index contributed by atoms with van der Waals surface area (Å²) in [4.78, 5) is 11.1. The number of hydrogen-bond donors (Lipinski definition) is 1. The maximum absolute atomic E-state index is 12.9. The van der Waals surface area contributed by atoms with Crippen molar-refractivity contribution >= 4 is 5.97 Å². The standard InChI is InChI=1S/C17H15F3O2/c1-11-12(6-4-7-14(11)16(21)22)9-10-13-5-2-3-8-15(13)17(18,19)20/h2-8H,9-10H2,1H3,(H,21,22). The maximum atomic E-state index is 12.9. The SMILES string of the molecule is Cc1c(CCc2ccccc2C(F)(F)F)cccc1C(=O)O. The first-order chi connectivity index (χ1) is 10.3. The van der Waals surface area contributed by atoms with E-state index in [2.05, 4.69) is 0 Å². The summed E-state index contributed by atoms with van der Waals surface area (Å²) in [6, 6.07) is 10.3. The van der Waals surface area contributed by atoms with Crippen LogP contribution in [-0.2, 0) is 19.0 Å². The van der Waals surface area contributed by atoms with Crippen LogP contribution in [0, 0.1) is 6.92 Å². The maximum Gasteiger partial charge on any atom is 0.416 e. The van der Waals surface area contributed by atoms with Crippen molar-refractivity contribution in [3.05, 3.63) is 70.3 Å². The lowest BCUT2D eigenvalue weighted by Crippen LogP contribution is -2.10. The molecule has 2 nitrogen and oxygen atoms in total. The van der Waals surface area contributed by atoms with Crippen molar-refractivity contribution in [3.8, 4) is 0 Å². The van der Waals surface area contributed by atoms with Gasteiger partial charge in [0.1, 0.15) is 0 Å². The third kappa shape index (κ3) is 3.47. The minimum absolute atomic E-state index is 0.182. The van der Waals surface area contributed by atoms with Crippen LogP contribution in [0.5, 0.6) is 0 Å². The van der Waals surface area contributed by atoms with Gasteiger partial charge in [-0.05, 0) is 48.6 Å². The first-order valence-electron chi connectivity index (χ1n) is 6.77. The summed E-state index contributed by atoms with van der Waals surface area (Å²) in [5.41, 5.74) is 1.11. The Balaban J connectivity index is 2.25. The number of alkyl halides is 3. The molecule has 0 fully saturated rings. The van der Waals surface area contributed by atoms with Crippen LogP contribution in [-0.4, -0.2) is 11.1 Å². The monoisotopic (exact) mass is 308 g/mol. The predicted octanol–water partition coefficient (Wildman–Crippen LogP) is 4.50. The summed E-state index contributed by atoms with van der Waals surface area (Å²) in [6.45, 7) is 1.68. The lowest BCUT2D eigenvalue weighted by molar-refractivity contribution is -0.138. The quantitative estimate of drug-likeness (QED) is 0.903. The number of hydrogen-bond acceptors (Lipinski definition) is 1. The topological polar surface area (TPSA) is 37.3 Å². The van der Waals surface area contributed by atoms with E-state index in [4.69, 9.17) is 5.11 Å². The second-order valence-corrected chi connectivity index (χ2v) is 5.05. The van der Waals surface area contributed by atoms with Gasteiger partial charge in [-0.15, -0.1) is 0 Å². The minimum Gasteiger partial charge on any atom is -0.478 e. The van der Waals surface area contributed by atoms with Crippen molar-refractivity contribution < 1.29 is 23.1 Å². The van der Waals surface area contributed by atoms with Gasteiger partial charge in [-0.25, -0.2) is 4.79 Å². The zero-order valence-electron chi connectivity index (χ0n) is 11.9. The average molecular weight is 308 g/mol. The van der Waals surface area contributed by atoms with Crippen LogP contribution < -0.4 is 0 Å². The first kappa shape index (κ1) is 16.1. The second kappa shape index (κ2) is 6.22.